The maximum absolute atomic E-state index is 9.89. The number of ether oxygens (including phenoxy) is 1. The van der Waals surface area contributed by atoms with Gasteiger partial charge in [0.1, 0.15) is 5.75 Å². The number of fused-ring (bicyclic) bond motifs is 2. The predicted molar refractivity (Wildman–Crippen MR) is 101 cm³/mol. The van der Waals surface area contributed by atoms with Crippen LogP contribution in [0.3, 0.4) is 0 Å². The average Bonchev–Trinajstić information content (AvgIpc) is 3.02. The van der Waals surface area contributed by atoms with Crippen molar-refractivity contribution in [1.82, 2.24) is 10.2 Å². The van der Waals surface area contributed by atoms with Crippen LogP contribution < -0.4 is 10.1 Å². The maximum atomic E-state index is 9.89. The zero-order valence-corrected chi connectivity index (χ0v) is 15.6. The Bertz CT molecular complexity index is 558. The lowest BCUT2D eigenvalue weighted by Gasteiger charge is -2.50. The molecule has 0 spiro atoms. The van der Waals surface area contributed by atoms with E-state index in [4.69, 9.17) is 4.74 Å². The molecule has 0 saturated carbocycles. The zero-order chi connectivity index (χ0) is 15.0. The molecule has 2 atom stereocenters. The lowest BCUT2D eigenvalue weighted by molar-refractivity contribution is -0.0150. The van der Waals surface area contributed by atoms with Crippen molar-refractivity contribution in [3.63, 3.8) is 0 Å². The molecule has 0 aromatic heterocycles. The van der Waals surface area contributed by atoms with Gasteiger partial charge >= 0.3 is 0 Å². The number of hydrogen-bond acceptors (Lipinski definition) is 4. The Hall–Kier alpha value is -0.520. The molecule has 3 aliphatic heterocycles. The molecular weight excluding hydrogens is 347 g/mol. The highest BCUT2D eigenvalue weighted by Crippen LogP contribution is 2.38. The summed E-state index contributed by atoms with van der Waals surface area (Å²) in [6, 6.07) is 7.08. The third kappa shape index (κ3) is 3.68. The van der Waals surface area contributed by atoms with Crippen LogP contribution in [0.1, 0.15) is 30.4 Å². The van der Waals surface area contributed by atoms with Crippen molar-refractivity contribution in [3.8, 4) is 5.75 Å². The number of aliphatic hydroxyl groups is 1. The number of hydrogen-bond donors (Lipinski definition) is 2. The first kappa shape index (κ1) is 19.8. The molecule has 6 heteroatoms. The fourth-order valence-corrected chi connectivity index (χ4v) is 4.40. The van der Waals surface area contributed by atoms with Gasteiger partial charge in [-0.25, -0.2) is 0 Å². The molecule has 1 aromatic rings. The van der Waals surface area contributed by atoms with E-state index in [1.165, 1.54) is 24.0 Å². The van der Waals surface area contributed by atoms with Crippen LogP contribution in [-0.4, -0.2) is 48.9 Å². The zero-order valence-electron chi connectivity index (χ0n) is 14.0. The van der Waals surface area contributed by atoms with Crippen LogP contribution >= 0.6 is 24.8 Å². The normalized spacial score (nSPS) is 28.8. The van der Waals surface area contributed by atoms with Crippen LogP contribution in [0.25, 0.3) is 0 Å². The summed E-state index contributed by atoms with van der Waals surface area (Å²) >= 11 is 0. The Morgan fingerprint density at radius 2 is 2.17 bits per heavy atom. The minimum Gasteiger partial charge on any atom is -0.493 e. The first-order valence-corrected chi connectivity index (χ1v) is 8.60. The predicted octanol–water partition coefficient (Wildman–Crippen LogP) is 2.40. The Labute approximate surface area is 156 Å². The highest BCUT2D eigenvalue weighted by atomic mass is 35.5. The van der Waals surface area contributed by atoms with Gasteiger partial charge in [0.15, 0.2) is 0 Å². The second-order valence-electron chi connectivity index (χ2n) is 7.16. The lowest BCUT2D eigenvalue weighted by atomic mass is 9.70. The second-order valence-corrected chi connectivity index (χ2v) is 7.16. The van der Waals surface area contributed by atoms with E-state index in [0.29, 0.717) is 12.6 Å². The maximum Gasteiger partial charge on any atom is 0.122 e. The summed E-state index contributed by atoms with van der Waals surface area (Å²) in [5.41, 5.74) is 2.87. The molecule has 0 radical (unpaired) electrons. The van der Waals surface area contributed by atoms with Crippen molar-refractivity contribution < 1.29 is 9.84 Å². The van der Waals surface area contributed by atoms with Gasteiger partial charge in [-0.3, -0.25) is 4.90 Å². The number of rotatable bonds is 3. The summed E-state index contributed by atoms with van der Waals surface area (Å²) in [5, 5.41) is 13.5. The number of benzene rings is 1. The molecule has 0 bridgehead atoms. The molecule has 2 saturated heterocycles. The van der Waals surface area contributed by atoms with Crippen LogP contribution in [0.4, 0.5) is 0 Å². The fourth-order valence-electron chi connectivity index (χ4n) is 4.40. The summed E-state index contributed by atoms with van der Waals surface area (Å²) in [4.78, 5) is 2.54. The quantitative estimate of drug-likeness (QED) is 0.852. The molecule has 0 aliphatic carbocycles. The number of likely N-dealkylation sites (tertiary alicyclic amines) is 1. The molecule has 4 rings (SSSR count). The molecule has 1 aromatic carbocycles. The van der Waals surface area contributed by atoms with Crippen molar-refractivity contribution >= 4 is 24.8 Å². The highest BCUT2D eigenvalue weighted by Gasteiger charge is 2.43. The molecule has 24 heavy (non-hydrogen) atoms. The minimum atomic E-state index is 0. The molecular formula is C18H28Cl2N2O2. The smallest absolute Gasteiger partial charge is 0.122 e. The summed E-state index contributed by atoms with van der Waals surface area (Å²) in [7, 11) is 0. The Kier molecular flexibility index (Phi) is 6.80. The van der Waals surface area contributed by atoms with Gasteiger partial charge in [-0.2, -0.15) is 0 Å². The van der Waals surface area contributed by atoms with E-state index in [0.717, 1.165) is 51.4 Å². The Morgan fingerprint density at radius 3 is 3.00 bits per heavy atom. The molecule has 0 unspecified atom stereocenters. The second kappa shape index (κ2) is 8.24. The summed E-state index contributed by atoms with van der Waals surface area (Å²) < 4.78 is 5.59. The monoisotopic (exact) mass is 374 g/mol. The number of nitrogens with zero attached hydrogens (tertiary/aromatic N) is 1. The third-order valence-electron chi connectivity index (χ3n) is 5.82. The van der Waals surface area contributed by atoms with Gasteiger partial charge in [-0.15, -0.1) is 24.8 Å². The topological polar surface area (TPSA) is 44.7 Å². The van der Waals surface area contributed by atoms with Crippen LogP contribution in [0, 0.1) is 5.41 Å². The van der Waals surface area contributed by atoms with Crippen LogP contribution in [0.2, 0.25) is 0 Å². The van der Waals surface area contributed by atoms with Crippen molar-refractivity contribution in [2.24, 2.45) is 5.41 Å². The van der Waals surface area contributed by atoms with Crippen molar-refractivity contribution in [1.29, 1.82) is 0 Å². The molecule has 136 valence electrons. The lowest BCUT2D eigenvalue weighted by Crippen LogP contribution is -2.61. The first-order chi connectivity index (χ1) is 10.8. The van der Waals surface area contributed by atoms with E-state index in [1.54, 1.807) is 0 Å². The molecule has 3 aliphatic rings. The molecule has 2 N–H and O–H groups in total. The summed E-state index contributed by atoms with van der Waals surface area (Å²) in [6.07, 6.45) is 4.52. The fraction of sp³-hybridized carbons (Fsp3) is 0.667. The Balaban J connectivity index is 0.00000104. The van der Waals surface area contributed by atoms with Crippen molar-refractivity contribution in [3.05, 3.63) is 29.3 Å². The average molecular weight is 375 g/mol. The molecule has 3 heterocycles. The van der Waals surface area contributed by atoms with Gasteiger partial charge in [0.25, 0.3) is 0 Å². The third-order valence-corrected chi connectivity index (χ3v) is 5.82. The van der Waals surface area contributed by atoms with E-state index in [1.807, 2.05) is 0 Å². The number of halogens is 2. The van der Waals surface area contributed by atoms with Gasteiger partial charge in [-0.1, -0.05) is 12.1 Å². The van der Waals surface area contributed by atoms with Gasteiger partial charge < -0.3 is 15.2 Å². The van der Waals surface area contributed by atoms with E-state index in [9.17, 15) is 5.11 Å². The number of nitrogens with one attached hydrogen (secondary N) is 1. The molecule has 0 amide bonds. The number of piperidine rings is 2. The van der Waals surface area contributed by atoms with E-state index < -0.39 is 0 Å². The SMILES string of the molecule is Cl.Cl.OC[C@]12CCCN[C@@H]1CN(Cc1ccc3c(c1)CCO3)CC2. The summed E-state index contributed by atoms with van der Waals surface area (Å²) in [5.74, 6) is 1.07. The van der Waals surface area contributed by atoms with E-state index >= 15 is 0 Å². The van der Waals surface area contributed by atoms with Crippen molar-refractivity contribution in [2.45, 2.75) is 38.3 Å². The first-order valence-electron chi connectivity index (χ1n) is 8.60. The van der Waals surface area contributed by atoms with Crippen LogP contribution in [0.5, 0.6) is 5.75 Å². The highest BCUT2D eigenvalue weighted by molar-refractivity contribution is 5.85. The van der Waals surface area contributed by atoms with Crippen LogP contribution in [-0.2, 0) is 13.0 Å². The van der Waals surface area contributed by atoms with Gasteiger partial charge in [0.2, 0.25) is 0 Å². The van der Waals surface area contributed by atoms with Gasteiger partial charge in [0, 0.05) is 31.0 Å². The van der Waals surface area contributed by atoms with Gasteiger partial charge in [-0.05, 0) is 49.5 Å². The molecule has 4 nitrogen and oxygen atoms in total. The molecule has 2 fully saturated rings. The minimum absolute atomic E-state index is 0. The van der Waals surface area contributed by atoms with E-state index in [2.05, 4.69) is 28.4 Å². The van der Waals surface area contributed by atoms with Crippen molar-refractivity contribution in [2.75, 3.05) is 32.8 Å². The summed E-state index contributed by atoms with van der Waals surface area (Å²) in [6.45, 7) is 5.39. The number of aliphatic hydroxyl groups excluding tert-OH is 1. The van der Waals surface area contributed by atoms with Gasteiger partial charge in [0.05, 0.1) is 13.2 Å². The van der Waals surface area contributed by atoms with E-state index in [-0.39, 0.29) is 30.2 Å². The van der Waals surface area contributed by atoms with Crippen LogP contribution in [0.15, 0.2) is 18.2 Å². The standard InChI is InChI=1S/C18H26N2O2.2ClH/c21-13-18-5-1-7-19-17(18)12-20(8-6-18)11-14-2-3-16-15(10-14)4-9-22-16;;/h2-3,10,17,19,21H,1,4-9,11-13H2;2*1H/t17-,18-;;/m1../s1. The largest absolute Gasteiger partial charge is 0.493 e. The Morgan fingerprint density at radius 1 is 1.29 bits per heavy atom.